The van der Waals surface area contributed by atoms with Gasteiger partial charge in [0.25, 0.3) is 11.8 Å². The van der Waals surface area contributed by atoms with Gasteiger partial charge in [-0.2, -0.15) is 0 Å². The smallest absolute Gasteiger partial charge is 0.255 e. The van der Waals surface area contributed by atoms with E-state index in [1.165, 1.54) is 12.8 Å². The van der Waals surface area contributed by atoms with Crippen LogP contribution in [-0.4, -0.2) is 36.4 Å². The highest BCUT2D eigenvalue weighted by molar-refractivity contribution is 6.09. The summed E-state index contributed by atoms with van der Waals surface area (Å²) in [4.78, 5) is 29.1. The van der Waals surface area contributed by atoms with E-state index in [4.69, 9.17) is 0 Å². The molecule has 1 unspecified atom stereocenters. The first-order valence-electron chi connectivity index (χ1n) is 9.45. The maximum atomic E-state index is 12.7. The standard InChI is InChI=1S/C21H26N4O2.2ClH/c1-15-4-2-6-18(19(15)25-20(26)17-8-11-22-12-9-17)21(27)24-13-7-16-5-3-10-23-14-16;;/h2,4,6,8-9,11-12,16,23H,3,5,7,10,13-14H2,1H3,(H,24,27)(H,25,26);2*1H. The number of rotatable bonds is 6. The number of hydrogen-bond donors (Lipinski definition) is 3. The third-order valence-corrected chi connectivity index (χ3v) is 4.94. The summed E-state index contributed by atoms with van der Waals surface area (Å²) in [6.07, 6.45) is 6.51. The fourth-order valence-electron chi connectivity index (χ4n) is 3.37. The summed E-state index contributed by atoms with van der Waals surface area (Å²) in [5, 5.41) is 9.27. The Hall–Kier alpha value is -2.15. The Kier molecular flexibility index (Phi) is 10.7. The van der Waals surface area contributed by atoms with Crippen LogP contribution in [0.25, 0.3) is 0 Å². The van der Waals surface area contributed by atoms with Gasteiger partial charge in [-0.1, -0.05) is 12.1 Å². The van der Waals surface area contributed by atoms with Gasteiger partial charge in [0.15, 0.2) is 0 Å². The molecule has 1 atom stereocenters. The van der Waals surface area contributed by atoms with E-state index in [0.29, 0.717) is 29.3 Å². The van der Waals surface area contributed by atoms with Gasteiger partial charge in [0.2, 0.25) is 0 Å². The zero-order chi connectivity index (χ0) is 19.1. The molecule has 0 aliphatic carbocycles. The van der Waals surface area contributed by atoms with Crippen LogP contribution in [0.1, 0.15) is 45.5 Å². The number of nitrogens with one attached hydrogen (secondary N) is 3. The number of benzene rings is 1. The van der Waals surface area contributed by atoms with E-state index in [9.17, 15) is 9.59 Å². The van der Waals surface area contributed by atoms with Crippen molar-refractivity contribution in [1.29, 1.82) is 0 Å². The first kappa shape index (κ1) is 24.9. The number of piperidine rings is 1. The maximum Gasteiger partial charge on any atom is 0.255 e. The van der Waals surface area contributed by atoms with Crippen LogP contribution in [0.3, 0.4) is 0 Å². The second kappa shape index (κ2) is 12.4. The number of halogens is 2. The summed E-state index contributed by atoms with van der Waals surface area (Å²) in [5.74, 6) is 0.198. The minimum Gasteiger partial charge on any atom is -0.352 e. The molecule has 1 saturated heterocycles. The van der Waals surface area contributed by atoms with Gasteiger partial charge in [-0.05, 0) is 69.0 Å². The van der Waals surface area contributed by atoms with Crippen molar-refractivity contribution in [2.45, 2.75) is 26.2 Å². The van der Waals surface area contributed by atoms with Crippen LogP contribution >= 0.6 is 24.8 Å². The van der Waals surface area contributed by atoms with Crippen LogP contribution in [0, 0.1) is 12.8 Å². The van der Waals surface area contributed by atoms with E-state index in [1.807, 2.05) is 19.1 Å². The number of nitrogens with zero attached hydrogens (tertiary/aromatic N) is 1. The zero-order valence-corrected chi connectivity index (χ0v) is 18.1. The van der Waals surface area contributed by atoms with E-state index in [0.717, 1.165) is 25.1 Å². The van der Waals surface area contributed by atoms with Crippen molar-refractivity contribution in [3.63, 3.8) is 0 Å². The van der Waals surface area contributed by atoms with Crippen molar-refractivity contribution >= 4 is 42.3 Å². The normalized spacial score (nSPS) is 15.4. The van der Waals surface area contributed by atoms with Crippen LogP contribution in [-0.2, 0) is 0 Å². The Morgan fingerprint density at radius 2 is 1.90 bits per heavy atom. The monoisotopic (exact) mass is 438 g/mol. The Labute approximate surface area is 184 Å². The summed E-state index contributed by atoms with van der Waals surface area (Å²) in [6, 6.07) is 8.74. The van der Waals surface area contributed by atoms with Crippen LogP contribution < -0.4 is 16.0 Å². The van der Waals surface area contributed by atoms with Crippen molar-refractivity contribution in [1.82, 2.24) is 15.6 Å². The van der Waals surface area contributed by atoms with Gasteiger partial charge in [-0.25, -0.2) is 0 Å². The van der Waals surface area contributed by atoms with Gasteiger partial charge < -0.3 is 16.0 Å². The maximum absolute atomic E-state index is 12.7. The summed E-state index contributed by atoms with van der Waals surface area (Å²) in [7, 11) is 0. The van der Waals surface area contributed by atoms with E-state index in [1.54, 1.807) is 30.6 Å². The van der Waals surface area contributed by atoms with Crippen LogP contribution in [0.15, 0.2) is 42.7 Å². The molecule has 1 fully saturated rings. The second-order valence-electron chi connectivity index (χ2n) is 6.94. The average molecular weight is 439 g/mol. The SMILES string of the molecule is Cc1cccc(C(=O)NCCC2CCCNC2)c1NC(=O)c1ccncc1.Cl.Cl. The fraction of sp³-hybridized carbons (Fsp3) is 0.381. The molecular weight excluding hydrogens is 411 g/mol. The number of aromatic nitrogens is 1. The van der Waals surface area contributed by atoms with Gasteiger partial charge in [0.1, 0.15) is 0 Å². The van der Waals surface area contributed by atoms with Crippen molar-refractivity contribution in [3.05, 3.63) is 59.4 Å². The number of pyridine rings is 1. The van der Waals surface area contributed by atoms with Gasteiger partial charge >= 0.3 is 0 Å². The number of carbonyl (C=O) groups excluding carboxylic acids is 2. The highest BCUT2D eigenvalue weighted by Gasteiger charge is 2.17. The lowest BCUT2D eigenvalue weighted by molar-refractivity contribution is 0.0951. The van der Waals surface area contributed by atoms with E-state index >= 15 is 0 Å². The zero-order valence-electron chi connectivity index (χ0n) is 16.4. The van der Waals surface area contributed by atoms with E-state index in [2.05, 4.69) is 20.9 Å². The lowest BCUT2D eigenvalue weighted by atomic mass is 9.96. The Bertz CT molecular complexity index is 797. The molecule has 1 aliphatic heterocycles. The number of amides is 2. The molecule has 29 heavy (non-hydrogen) atoms. The molecule has 2 aromatic rings. The van der Waals surface area contributed by atoms with Crippen LogP contribution in [0.2, 0.25) is 0 Å². The van der Waals surface area contributed by atoms with E-state index in [-0.39, 0.29) is 36.6 Å². The number of aryl methyl sites for hydroxylation is 1. The molecule has 2 heterocycles. The van der Waals surface area contributed by atoms with Gasteiger partial charge in [-0.15, -0.1) is 24.8 Å². The fourth-order valence-corrected chi connectivity index (χ4v) is 3.37. The highest BCUT2D eigenvalue weighted by atomic mass is 35.5. The third kappa shape index (κ3) is 6.99. The van der Waals surface area contributed by atoms with Gasteiger partial charge in [0.05, 0.1) is 11.3 Å². The van der Waals surface area contributed by atoms with Crippen molar-refractivity contribution in [2.75, 3.05) is 25.0 Å². The van der Waals surface area contributed by atoms with Crippen LogP contribution in [0.4, 0.5) is 5.69 Å². The molecule has 1 aromatic carbocycles. The largest absolute Gasteiger partial charge is 0.352 e. The minimum atomic E-state index is -0.256. The lowest BCUT2D eigenvalue weighted by Gasteiger charge is -2.22. The molecule has 8 heteroatoms. The number of anilines is 1. The summed E-state index contributed by atoms with van der Waals surface area (Å²) in [5.41, 5.74) is 2.39. The second-order valence-corrected chi connectivity index (χ2v) is 6.94. The molecule has 1 aliphatic rings. The van der Waals surface area contributed by atoms with Crippen molar-refractivity contribution < 1.29 is 9.59 Å². The molecule has 0 bridgehead atoms. The summed E-state index contributed by atoms with van der Waals surface area (Å²) >= 11 is 0. The molecule has 0 spiro atoms. The van der Waals surface area contributed by atoms with Gasteiger partial charge in [0, 0.05) is 24.5 Å². The number of carbonyl (C=O) groups is 2. The lowest BCUT2D eigenvalue weighted by Crippen LogP contribution is -2.33. The Morgan fingerprint density at radius 3 is 2.59 bits per heavy atom. The first-order chi connectivity index (χ1) is 13.1. The average Bonchev–Trinajstić information content (AvgIpc) is 2.71. The topological polar surface area (TPSA) is 83.1 Å². The minimum absolute atomic E-state index is 0. The third-order valence-electron chi connectivity index (χ3n) is 4.94. The predicted molar refractivity (Wildman–Crippen MR) is 120 cm³/mol. The highest BCUT2D eigenvalue weighted by Crippen LogP contribution is 2.22. The molecule has 3 rings (SSSR count). The quantitative estimate of drug-likeness (QED) is 0.642. The van der Waals surface area contributed by atoms with Crippen LogP contribution in [0.5, 0.6) is 0 Å². The van der Waals surface area contributed by atoms with E-state index < -0.39 is 0 Å². The van der Waals surface area contributed by atoms with Crippen molar-refractivity contribution in [2.24, 2.45) is 5.92 Å². The molecule has 6 nitrogen and oxygen atoms in total. The molecular formula is C21H28Cl2N4O2. The molecule has 2 amide bonds. The molecule has 0 radical (unpaired) electrons. The summed E-state index contributed by atoms with van der Waals surface area (Å²) in [6.45, 7) is 4.63. The Morgan fingerprint density at radius 1 is 1.14 bits per heavy atom. The molecule has 3 N–H and O–H groups in total. The van der Waals surface area contributed by atoms with Gasteiger partial charge in [-0.3, -0.25) is 14.6 Å². The predicted octanol–water partition coefficient (Wildman–Crippen LogP) is 3.61. The van der Waals surface area contributed by atoms with Crippen molar-refractivity contribution in [3.8, 4) is 0 Å². The number of hydrogen-bond acceptors (Lipinski definition) is 4. The first-order valence-corrected chi connectivity index (χ1v) is 9.45. The molecule has 1 aromatic heterocycles. The Balaban J connectivity index is 0.00000210. The summed E-state index contributed by atoms with van der Waals surface area (Å²) < 4.78 is 0. The molecule has 0 saturated carbocycles. The molecule has 158 valence electrons. The number of para-hydroxylation sites is 1.